The van der Waals surface area contributed by atoms with Crippen molar-refractivity contribution in [1.82, 2.24) is 4.90 Å². The van der Waals surface area contributed by atoms with E-state index < -0.39 is 12.2 Å². The van der Waals surface area contributed by atoms with Gasteiger partial charge in [0.05, 0.1) is 0 Å². The Hall–Kier alpha value is -0.290. The summed E-state index contributed by atoms with van der Waals surface area (Å²) in [5.41, 5.74) is 5.30. The molecule has 0 radical (unpaired) electrons. The molecule has 5 heteroatoms. The molecule has 16 heavy (non-hydrogen) atoms. The predicted octanol–water partition coefficient (Wildman–Crippen LogP) is 2.53. The second-order valence-corrected chi connectivity index (χ2v) is 4.57. The van der Waals surface area contributed by atoms with Crippen LogP contribution in [0.4, 0.5) is 13.2 Å². The zero-order chi connectivity index (χ0) is 12.3. The first-order valence-corrected chi connectivity index (χ1v) is 5.96. The quantitative estimate of drug-likeness (QED) is 0.815. The Morgan fingerprint density at radius 3 is 2.44 bits per heavy atom. The van der Waals surface area contributed by atoms with Crippen LogP contribution in [0.15, 0.2) is 0 Å². The number of likely N-dealkylation sites (tertiary alicyclic amines) is 1. The Balaban J connectivity index is 2.83. The number of alkyl halides is 3. The summed E-state index contributed by atoms with van der Waals surface area (Å²) < 4.78 is 38.8. The summed E-state index contributed by atoms with van der Waals surface area (Å²) in [5, 5.41) is 0. The minimum absolute atomic E-state index is 0.00431. The molecule has 0 aromatic carbocycles. The summed E-state index contributed by atoms with van der Waals surface area (Å²) in [6.45, 7) is 3.92. The minimum atomic E-state index is -4.16. The molecule has 2 N–H and O–H groups in total. The summed E-state index contributed by atoms with van der Waals surface area (Å²) in [4.78, 5) is 1.63. The Morgan fingerprint density at radius 2 is 2.00 bits per heavy atom. The van der Waals surface area contributed by atoms with Crippen LogP contribution in [0.3, 0.4) is 0 Å². The summed E-state index contributed by atoms with van der Waals surface area (Å²) in [7, 11) is 0. The molecule has 0 saturated carbocycles. The van der Waals surface area contributed by atoms with Crippen LogP contribution in [0.5, 0.6) is 0 Å². The smallest absolute Gasteiger partial charge is 0.330 e. The normalized spacial score (nSPS) is 29.6. The molecule has 3 atom stereocenters. The van der Waals surface area contributed by atoms with Crippen molar-refractivity contribution >= 4 is 0 Å². The Kier molecular flexibility index (Phi) is 4.62. The monoisotopic (exact) mass is 238 g/mol. The van der Waals surface area contributed by atoms with Gasteiger partial charge >= 0.3 is 6.18 Å². The van der Waals surface area contributed by atoms with Crippen molar-refractivity contribution < 1.29 is 13.2 Å². The molecule has 96 valence electrons. The van der Waals surface area contributed by atoms with E-state index in [0.717, 1.165) is 19.3 Å². The van der Waals surface area contributed by atoms with Crippen molar-refractivity contribution in [1.29, 1.82) is 0 Å². The summed E-state index contributed by atoms with van der Waals surface area (Å²) in [5.74, 6) is 0. The van der Waals surface area contributed by atoms with E-state index in [1.54, 1.807) is 4.90 Å². The molecule has 3 unspecified atom stereocenters. The van der Waals surface area contributed by atoms with Gasteiger partial charge in [0.1, 0.15) is 6.04 Å². The first-order valence-electron chi connectivity index (χ1n) is 5.96. The Bertz CT molecular complexity index is 218. The van der Waals surface area contributed by atoms with Crippen LogP contribution >= 0.6 is 0 Å². The van der Waals surface area contributed by atoms with Gasteiger partial charge in [-0.05, 0) is 39.2 Å². The molecule has 1 fully saturated rings. The highest BCUT2D eigenvalue weighted by Gasteiger charge is 2.48. The first kappa shape index (κ1) is 13.8. The minimum Gasteiger partial charge on any atom is -0.330 e. The average molecular weight is 238 g/mol. The molecule has 1 saturated heterocycles. The van der Waals surface area contributed by atoms with E-state index in [4.69, 9.17) is 5.73 Å². The van der Waals surface area contributed by atoms with Gasteiger partial charge in [0.25, 0.3) is 0 Å². The molecular weight excluding hydrogens is 217 g/mol. The molecular formula is C11H21F3N2. The molecule has 0 aromatic rings. The second-order valence-electron chi connectivity index (χ2n) is 4.57. The molecule has 0 amide bonds. The van der Waals surface area contributed by atoms with E-state index in [9.17, 15) is 13.2 Å². The summed E-state index contributed by atoms with van der Waals surface area (Å²) >= 11 is 0. The van der Waals surface area contributed by atoms with E-state index in [1.807, 2.05) is 13.8 Å². The fraction of sp³-hybridized carbons (Fsp3) is 1.00. The third-order valence-electron chi connectivity index (χ3n) is 3.50. The highest BCUT2D eigenvalue weighted by Crippen LogP contribution is 2.36. The van der Waals surface area contributed by atoms with Crippen molar-refractivity contribution in [3.05, 3.63) is 0 Å². The maximum Gasteiger partial charge on any atom is 0.404 e. The van der Waals surface area contributed by atoms with Gasteiger partial charge in [-0.25, -0.2) is 0 Å². The van der Waals surface area contributed by atoms with Crippen molar-refractivity contribution in [3.8, 4) is 0 Å². The predicted molar refractivity (Wildman–Crippen MR) is 58.1 cm³/mol. The van der Waals surface area contributed by atoms with Gasteiger partial charge in [0, 0.05) is 12.1 Å². The maximum atomic E-state index is 12.9. The summed E-state index contributed by atoms with van der Waals surface area (Å²) in [6, 6.07) is -1.28. The van der Waals surface area contributed by atoms with Gasteiger partial charge in [-0.15, -0.1) is 0 Å². The van der Waals surface area contributed by atoms with E-state index in [0.29, 0.717) is 0 Å². The number of hydrogen-bond donors (Lipinski definition) is 1. The number of hydrogen-bond acceptors (Lipinski definition) is 2. The molecule has 1 heterocycles. The zero-order valence-electron chi connectivity index (χ0n) is 9.93. The van der Waals surface area contributed by atoms with Crippen molar-refractivity contribution in [2.75, 3.05) is 6.54 Å². The number of rotatable bonds is 4. The van der Waals surface area contributed by atoms with E-state index in [1.165, 1.54) is 0 Å². The van der Waals surface area contributed by atoms with Gasteiger partial charge in [0.15, 0.2) is 0 Å². The lowest BCUT2D eigenvalue weighted by Gasteiger charge is -2.37. The topological polar surface area (TPSA) is 29.3 Å². The van der Waals surface area contributed by atoms with E-state index >= 15 is 0 Å². The van der Waals surface area contributed by atoms with E-state index in [-0.39, 0.29) is 25.0 Å². The molecule has 0 aromatic heterocycles. The van der Waals surface area contributed by atoms with E-state index in [2.05, 4.69) is 0 Å². The van der Waals surface area contributed by atoms with Gasteiger partial charge < -0.3 is 5.73 Å². The van der Waals surface area contributed by atoms with Crippen LogP contribution in [0.2, 0.25) is 0 Å². The van der Waals surface area contributed by atoms with Crippen LogP contribution in [-0.2, 0) is 0 Å². The third-order valence-corrected chi connectivity index (χ3v) is 3.50. The van der Waals surface area contributed by atoms with Crippen molar-refractivity contribution in [2.45, 2.75) is 63.8 Å². The number of nitrogens with two attached hydrogens (primary N) is 1. The standard InChI is InChI=1S/C11H21F3N2/c1-3-9-5-4-8(2)16(9)10(6-7-15)11(12,13)14/h8-10H,3-7,15H2,1-2H3. The van der Waals surface area contributed by atoms with Crippen LogP contribution in [-0.4, -0.2) is 35.7 Å². The molecule has 2 nitrogen and oxygen atoms in total. The largest absolute Gasteiger partial charge is 0.404 e. The lowest BCUT2D eigenvalue weighted by molar-refractivity contribution is -0.192. The van der Waals surface area contributed by atoms with Crippen molar-refractivity contribution in [3.63, 3.8) is 0 Å². The third kappa shape index (κ3) is 2.88. The molecule has 1 aliphatic heterocycles. The van der Waals surface area contributed by atoms with Gasteiger partial charge in [-0.2, -0.15) is 13.2 Å². The van der Waals surface area contributed by atoms with Crippen LogP contribution < -0.4 is 5.73 Å². The maximum absolute atomic E-state index is 12.9. The molecule has 0 spiro atoms. The number of nitrogens with zero attached hydrogens (tertiary/aromatic N) is 1. The second kappa shape index (κ2) is 5.36. The fourth-order valence-electron chi connectivity index (χ4n) is 2.71. The van der Waals surface area contributed by atoms with Crippen LogP contribution in [0, 0.1) is 0 Å². The lowest BCUT2D eigenvalue weighted by atomic mass is 10.1. The first-order chi connectivity index (χ1) is 7.41. The average Bonchev–Trinajstić information content (AvgIpc) is 2.54. The van der Waals surface area contributed by atoms with Crippen LogP contribution in [0.1, 0.15) is 39.5 Å². The van der Waals surface area contributed by atoms with Gasteiger partial charge in [-0.3, -0.25) is 4.90 Å². The molecule has 0 aliphatic carbocycles. The van der Waals surface area contributed by atoms with Gasteiger partial charge in [-0.1, -0.05) is 6.92 Å². The fourth-order valence-corrected chi connectivity index (χ4v) is 2.71. The molecule has 1 rings (SSSR count). The lowest BCUT2D eigenvalue weighted by Crippen LogP contribution is -2.51. The molecule has 0 bridgehead atoms. The SMILES string of the molecule is CCC1CCC(C)N1C(CCN)C(F)(F)F. The number of halogens is 3. The Labute approximate surface area is 95.0 Å². The van der Waals surface area contributed by atoms with Gasteiger partial charge in [0.2, 0.25) is 0 Å². The Morgan fingerprint density at radius 1 is 1.38 bits per heavy atom. The highest BCUT2D eigenvalue weighted by molar-refractivity contribution is 4.92. The zero-order valence-corrected chi connectivity index (χ0v) is 9.93. The summed E-state index contributed by atoms with van der Waals surface area (Å²) in [6.07, 6.45) is -1.65. The highest BCUT2D eigenvalue weighted by atomic mass is 19.4. The van der Waals surface area contributed by atoms with Crippen LogP contribution in [0.25, 0.3) is 0 Å². The van der Waals surface area contributed by atoms with Crippen molar-refractivity contribution in [2.24, 2.45) is 5.73 Å². The molecule has 1 aliphatic rings.